The van der Waals surface area contributed by atoms with Crippen molar-refractivity contribution in [1.82, 2.24) is 5.32 Å². The Morgan fingerprint density at radius 1 is 1.48 bits per heavy atom. The molecule has 0 radical (unpaired) electrons. The summed E-state index contributed by atoms with van der Waals surface area (Å²) < 4.78 is 36.7. The molecule has 0 spiro atoms. The lowest BCUT2D eigenvalue weighted by atomic mass is 10.1. The van der Waals surface area contributed by atoms with Gasteiger partial charge in [0.1, 0.15) is 5.82 Å². The zero-order valence-electron chi connectivity index (χ0n) is 12.0. The molecule has 0 saturated heterocycles. The summed E-state index contributed by atoms with van der Waals surface area (Å²) in [5.41, 5.74) is -0.121. The molecule has 21 heavy (non-hydrogen) atoms. The summed E-state index contributed by atoms with van der Waals surface area (Å²) >= 11 is 0. The summed E-state index contributed by atoms with van der Waals surface area (Å²) in [6.07, 6.45) is 3.23. The lowest BCUT2D eigenvalue weighted by molar-refractivity contribution is 0.0936. The molecule has 0 aliphatic heterocycles. The van der Waals surface area contributed by atoms with Crippen molar-refractivity contribution >= 4 is 15.9 Å². The van der Waals surface area contributed by atoms with Gasteiger partial charge in [0.2, 0.25) is 10.0 Å². The van der Waals surface area contributed by atoms with E-state index in [1.54, 1.807) is 0 Å². The number of primary sulfonamides is 1. The van der Waals surface area contributed by atoms with Crippen molar-refractivity contribution in [2.45, 2.75) is 44.0 Å². The van der Waals surface area contributed by atoms with E-state index in [9.17, 15) is 17.6 Å². The van der Waals surface area contributed by atoms with Crippen molar-refractivity contribution < 1.29 is 17.6 Å². The van der Waals surface area contributed by atoms with Crippen molar-refractivity contribution in [3.8, 4) is 0 Å². The fourth-order valence-electron chi connectivity index (χ4n) is 2.30. The molecule has 1 unspecified atom stereocenters. The number of hydrogen-bond donors (Lipinski definition) is 2. The first kappa shape index (κ1) is 15.9. The molecule has 1 aromatic rings. The predicted octanol–water partition coefficient (Wildman–Crippen LogP) is 1.70. The molecule has 1 aliphatic rings. The van der Waals surface area contributed by atoms with Gasteiger partial charge in [0.05, 0.1) is 4.90 Å². The van der Waals surface area contributed by atoms with Crippen molar-refractivity contribution in [2.75, 3.05) is 0 Å². The molecule has 116 valence electrons. The number of nitrogens with two attached hydrogens (primary N) is 1. The molecule has 1 fully saturated rings. The minimum Gasteiger partial charge on any atom is -0.350 e. The number of benzene rings is 1. The summed E-state index contributed by atoms with van der Waals surface area (Å²) in [4.78, 5) is 11.7. The maximum absolute atomic E-state index is 13.8. The summed E-state index contributed by atoms with van der Waals surface area (Å²) in [7, 11) is -4.07. The maximum Gasteiger partial charge on any atom is 0.251 e. The highest BCUT2D eigenvalue weighted by Gasteiger charge is 2.25. The monoisotopic (exact) mass is 314 g/mol. The standard InChI is InChI=1S/C14H19FN2O3S/c1-8(5-10-3-4-10)17-14(18)11-6-12(15)9(2)13(7-11)21(16,19)20/h6-8,10H,3-5H2,1-2H3,(H,17,18)(H2,16,19,20). The van der Waals surface area contributed by atoms with Crippen LogP contribution >= 0.6 is 0 Å². The van der Waals surface area contributed by atoms with Crippen LogP contribution in [0, 0.1) is 18.7 Å². The summed E-state index contributed by atoms with van der Waals surface area (Å²) in [5.74, 6) is -0.608. The Morgan fingerprint density at radius 2 is 2.10 bits per heavy atom. The average Bonchev–Trinajstić information content (AvgIpc) is 3.14. The van der Waals surface area contributed by atoms with E-state index >= 15 is 0 Å². The number of carbonyl (C=O) groups excluding carboxylic acids is 1. The van der Waals surface area contributed by atoms with Gasteiger partial charge < -0.3 is 5.32 Å². The quantitative estimate of drug-likeness (QED) is 0.867. The first-order valence-corrected chi connectivity index (χ1v) is 8.37. The minimum atomic E-state index is -4.07. The third-order valence-electron chi connectivity index (χ3n) is 3.63. The van der Waals surface area contributed by atoms with Gasteiger partial charge in [-0.3, -0.25) is 4.79 Å². The van der Waals surface area contributed by atoms with Crippen LogP contribution in [-0.2, 0) is 10.0 Å². The van der Waals surface area contributed by atoms with Gasteiger partial charge in [-0.2, -0.15) is 0 Å². The van der Waals surface area contributed by atoms with Gasteiger partial charge in [0, 0.05) is 17.2 Å². The van der Waals surface area contributed by atoms with E-state index in [1.165, 1.54) is 19.8 Å². The van der Waals surface area contributed by atoms with Crippen LogP contribution in [-0.4, -0.2) is 20.4 Å². The van der Waals surface area contributed by atoms with Crippen LogP contribution in [0.15, 0.2) is 17.0 Å². The van der Waals surface area contributed by atoms with Crippen LogP contribution in [0.5, 0.6) is 0 Å². The molecular weight excluding hydrogens is 295 g/mol. The summed E-state index contributed by atoms with van der Waals surface area (Å²) in [6, 6.07) is 2.11. The third-order valence-corrected chi connectivity index (χ3v) is 4.66. The second-order valence-corrected chi connectivity index (χ2v) is 7.21. The summed E-state index contributed by atoms with van der Waals surface area (Å²) in [6.45, 7) is 3.19. The van der Waals surface area contributed by atoms with Crippen LogP contribution in [0.4, 0.5) is 4.39 Å². The fourth-order valence-corrected chi connectivity index (χ4v) is 3.12. The first-order chi connectivity index (χ1) is 9.68. The topological polar surface area (TPSA) is 89.3 Å². The fraction of sp³-hybridized carbons (Fsp3) is 0.500. The molecule has 1 atom stereocenters. The van der Waals surface area contributed by atoms with E-state index in [4.69, 9.17) is 5.14 Å². The number of amides is 1. The molecular formula is C14H19FN2O3S. The zero-order chi connectivity index (χ0) is 15.8. The molecule has 1 amide bonds. The first-order valence-electron chi connectivity index (χ1n) is 6.82. The van der Waals surface area contributed by atoms with Crippen LogP contribution in [0.1, 0.15) is 42.1 Å². The molecule has 3 N–H and O–H groups in total. The van der Waals surface area contributed by atoms with Crippen molar-refractivity contribution in [1.29, 1.82) is 0 Å². The highest BCUT2D eigenvalue weighted by atomic mass is 32.2. The Labute approximate surface area is 123 Å². The second-order valence-electron chi connectivity index (χ2n) is 5.68. The number of rotatable bonds is 5. The lowest BCUT2D eigenvalue weighted by Crippen LogP contribution is -2.33. The van der Waals surface area contributed by atoms with Crippen LogP contribution in [0.25, 0.3) is 0 Å². The van der Waals surface area contributed by atoms with E-state index < -0.39 is 21.7 Å². The number of halogens is 1. The molecule has 1 saturated carbocycles. The molecule has 0 heterocycles. The number of hydrogen-bond acceptors (Lipinski definition) is 3. The SMILES string of the molecule is Cc1c(F)cc(C(=O)NC(C)CC2CC2)cc1S(N)(=O)=O. The predicted molar refractivity (Wildman–Crippen MR) is 76.8 cm³/mol. The van der Waals surface area contributed by atoms with E-state index in [0.29, 0.717) is 5.92 Å². The van der Waals surface area contributed by atoms with E-state index in [2.05, 4.69) is 5.32 Å². The van der Waals surface area contributed by atoms with E-state index in [-0.39, 0.29) is 22.1 Å². The number of sulfonamides is 1. The number of nitrogens with one attached hydrogen (secondary N) is 1. The molecule has 7 heteroatoms. The highest BCUT2D eigenvalue weighted by molar-refractivity contribution is 7.89. The molecule has 0 bridgehead atoms. The maximum atomic E-state index is 13.8. The van der Waals surface area contributed by atoms with Gasteiger partial charge in [-0.05, 0) is 38.3 Å². The Morgan fingerprint density at radius 3 is 2.62 bits per heavy atom. The van der Waals surface area contributed by atoms with Gasteiger partial charge >= 0.3 is 0 Å². The minimum absolute atomic E-state index is 0.0349. The van der Waals surface area contributed by atoms with E-state index in [0.717, 1.165) is 18.6 Å². The highest BCUT2D eigenvalue weighted by Crippen LogP contribution is 2.33. The van der Waals surface area contributed by atoms with Gasteiger partial charge in [-0.1, -0.05) is 12.8 Å². The molecule has 1 aromatic carbocycles. The van der Waals surface area contributed by atoms with Crippen LogP contribution in [0.2, 0.25) is 0 Å². The van der Waals surface area contributed by atoms with Crippen LogP contribution in [0.3, 0.4) is 0 Å². The second kappa shape index (κ2) is 5.73. The zero-order valence-corrected chi connectivity index (χ0v) is 12.8. The largest absolute Gasteiger partial charge is 0.350 e. The van der Waals surface area contributed by atoms with Gasteiger partial charge in [-0.15, -0.1) is 0 Å². The van der Waals surface area contributed by atoms with Crippen molar-refractivity contribution in [2.24, 2.45) is 11.1 Å². The Hall–Kier alpha value is -1.47. The van der Waals surface area contributed by atoms with Crippen molar-refractivity contribution in [3.63, 3.8) is 0 Å². The average molecular weight is 314 g/mol. The molecule has 5 nitrogen and oxygen atoms in total. The normalized spacial score (nSPS) is 16.6. The Balaban J connectivity index is 2.22. The summed E-state index contributed by atoms with van der Waals surface area (Å²) in [5, 5.41) is 7.80. The Kier molecular flexibility index (Phi) is 4.34. The molecule has 2 rings (SSSR count). The molecule has 0 aromatic heterocycles. The third kappa shape index (κ3) is 4.01. The van der Waals surface area contributed by atoms with Gasteiger partial charge in [0.15, 0.2) is 0 Å². The lowest BCUT2D eigenvalue weighted by Gasteiger charge is -2.14. The van der Waals surface area contributed by atoms with E-state index in [1.807, 2.05) is 6.92 Å². The van der Waals surface area contributed by atoms with Crippen molar-refractivity contribution in [3.05, 3.63) is 29.1 Å². The molecule has 1 aliphatic carbocycles. The van der Waals surface area contributed by atoms with Crippen LogP contribution < -0.4 is 10.5 Å². The Bertz CT molecular complexity index is 669. The van der Waals surface area contributed by atoms with Gasteiger partial charge in [-0.25, -0.2) is 17.9 Å². The number of carbonyl (C=O) groups is 1. The smallest absolute Gasteiger partial charge is 0.251 e. The van der Waals surface area contributed by atoms with Gasteiger partial charge in [0.25, 0.3) is 5.91 Å².